The minimum atomic E-state index is -0.211. The first kappa shape index (κ1) is 15.8. The molecule has 24 heavy (non-hydrogen) atoms. The summed E-state index contributed by atoms with van der Waals surface area (Å²) in [6, 6.07) is 17.1. The Morgan fingerprint density at radius 2 is 1.67 bits per heavy atom. The Morgan fingerprint density at radius 1 is 0.958 bits per heavy atom. The monoisotopic (exact) mass is 321 g/mol. The zero-order chi connectivity index (χ0) is 16.9. The van der Waals surface area contributed by atoms with Crippen molar-refractivity contribution in [1.82, 2.24) is 15.6 Å². The van der Waals surface area contributed by atoms with Gasteiger partial charge in [-0.05, 0) is 41.6 Å². The summed E-state index contributed by atoms with van der Waals surface area (Å²) in [5, 5.41) is 6.62. The third-order valence-corrected chi connectivity index (χ3v) is 3.84. The van der Waals surface area contributed by atoms with Crippen LogP contribution < -0.4 is 16.2 Å². The van der Waals surface area contributed by atoms with Crippen LogP contribution >= 0.6 is 0 Å². The van der Waals surface area contributed by atoms with E-state index in [2.05, 4.69) is 15.6 Å². The third-order valence-electron chi connectivity index (χ3n) is 3.84. The number of rotatable bonds is 4. The van der Waals surface area contributed by atoms with Gasteiger partial charge in [-0.3, -0.25) is 4.79 Å². The van der Waals surface area contributed by atoms with Gasteiger partial charge in [-0.1, -0.05) is 36.4 Å². The Balaban J connectivity index is 1.60. The predicted molar refractivity (Wildman–Crippen MR) is 94.8 cm³/mol. The summed E-state index contributed by atoms with van der Waals surface area (Å²) in [5.74, 6) is 0. The van der Waals surface area contributed by atoms with Crippen LogP contribution in [-0.4, -0.2) is 11.0 Å². The van der Waals surface area contributed by atoms with Gasteiger partial charge in [-0.15, -0.1) is 0 Å². The van der Waals surface area contributed by atoms with Crippen LogP contribution in [0.25, 0.3) is 10.9 Å². The number of pyridine rings is 1. The fourth-order valence-corrected chi connectivity index (χ4v) is 2.50. The van der Waals surface area contributed by atoms with E-state index >= 15 is 0 Å². The molecule has 0 radical (unpaired) electrons. The number of carbonyl (C=O) groups is 1. The van der Waals surface area contributed by atoms with E-state index in [1.165, 1.54) is 0 Å². The summed E-state index contributed by atoms with van der Waals surface area (Å²) in [5.41, 5.74) is 3.42. The van der Waals surface area contributed by atoms with Gasteiger partial charge in [0.05, 0.1) is 0 Å². The maximum atomic E-state index is 11.9. The van der Waals surface area contributed by atoms with E-state index in [-0.39, 0.29) is 11.6 Å². The molecule has 3 N–H and O–H groups in total. The molecule has 3 aromatic rings. The number of aromatic nitrogens is 1. The molecule has 0 unspecified atom stereocenters. The number of aryl methyl sites for hydroxylation is 1. The molecule has 1 heterocycles. The molecule has 5 nitrogen and oxygen atoms in total. The van der Waals surface area contributed by atoms with Gasteiger partial charge >= 0.3 is 6.03 Å². The molecule has 2 aromatic carbocycles. The second kappa shape index (κ2) is 7.00. The number of amides is 2. The zero-order valence-electron chi connectivity index (χ0n) is 13.4. The highest BCUT2D eigenvalue weighted by molar-refractivity contribution is 5.80. The Kier molecular flexibility index (Phi) is 4.61. The van der Waals surface area contributed by atoms with E-state index in [1.807, 2.05) is 54.6 Å². The first-order valence-electron chi connectivity index (χ1n) is 7.80. The maximum Gasteiger partial charge on any atom is 0.315 e. The number of nitrogens with one attached hydrogen (secondary N) is 3. The van der Waals surface area contributed by atoms with Crippen molar-refractivity contribution >= 4 is 16.9 Å². The second-order valence-corrected chi connectivity index (χ2v) is 5.72. The molecule has 0 aliphatic carbocycles. The molecule has 0 atom stereocenters. The smallest absolute Gasteiger partial charge is 0.315 e. The molecule has 3 rings (SSSR count). The first-order chi connectivity index (χ1) is 11.6. The molecule has 0 bridgehead atoms. The number of benzene rings is 2. The maximum absolute atomic E-state index is 11.9. The molecule has 5 heteroatoms. The van der Waals surface area contributed by atoms with Gasteiger partial charge in [0.25, 0.3) is 5.56 Å². The molecule has 0 aliphatic rings. The number of carbonyl (C=O) groups excluding carboxylic acids is 1. The van der Waals surface area contributed by atoms with Crippen molar-refractivity contribution in [3.63, 3.8) is 0 Å². The quantitative estimate of drug-likeness (QED) is 0.691. The third kappa shape index (κ3) is 3.81. The molecule has 0 aliphatic heterocycles. The average molecular weight is 321 g/mol. The van der Waals surface area contributed by atoms with Crippen LogP contribution in [0, 0.1) is 6.92 Å². The number of fused-ring (bicyclic) bond motifs is 1. The highest BCUT2D eigenvalue weighted by Crippen LogP contribution is 2.13. The highest BCUT2D eigenvalue weighted by atomic mass is 16.2. The molecule has 0 saturated heterocycles. The van der Waals surface area contributed by atoms with Gasteiger partial charge in [0.2, 0.25) is 0 Å². The predicted octanol–water partition coefficient (Wildman–Crippen LogP) is 2.84. The van der Waals surface area contributed by atoms with Crippen molar-refractivity contribution < 1.29 is 4.79 Å². The van der Waals surface area contributed by atoms with E-state index in [9.17, 15) is 9.59 Å². The zero-order valence-corrected chi connectivity index (χ0v) is 13.4. The Hall–Kier alpha value is -3.08. The fraction of sp³-hybridized carbons (Fsp3) is 0.158. The minimum absolute atomic E-state index is 0.0753. The van der Waals surface area contributed by atoms with Crippen LogP contribution in [0.3, 0.4) is 0 Å². The Labute approximate surface area is 139 Å². The molecule has 2 amide bonds. The standard InChI is InChI=1S/C19H19N3O2/c1-13-9-16-10-15(7-8-17(16)22-18(13)23)12-21-19(24)20-11-14-5-3-2-4-6-14/h2-10H,11-12H2,1H3,(H,22,23)(H2,20,21,24). The van der Waals surface area contributed by atoms with Gasteiger partial charge < -0.3 is 15.6 Å². The van der Waals surface area contributed by atoms with Crippen LogP contribution in [-0.2, 0) is 13.1 Å². The van der Waals surface area contributed by atoms with Crippen LogP contribution in [0.2, 0.25) is 0 Å². The second-order valence-electron chi connectivity index (χ2n) is 5.72. The van der Waals surface area contributed by atoms with E-state index in [0.29, 0.717) is 18.7 Å². The summed E-state index contributed by atoms with van der Waals surface area (Å²) in [6.07, 6.45) is 0. The summed E-state index contributed by atoms with van der Waals surface area (Å²) in [4.78, 5) is 26.3. The normalized spacial score (nSPS) is 10.5. The molecule has 0 fully saturated rings. The lowest BCUT2D eigenvalue weighted by Gasteiger charge is -2.09. The van der Waals surface area contributed by atoms with Gasteiger partial charge in [0.1, 0.15) is 0 Å². The Bertz CT molecular complexity index is 917. The number of urea groups is 1. The highest BCUT2D eigenvalue weighted by Gasteiger charge is 2.03. The van der Waals surface area contributed by atoms with Gasteiger partial charge in [0, 0.05) is 24.2 Å². The Morgan fingerprint density at radius 3 is 2.42 bits per heavy atom. The summed E-state index contributed by atoms with van der Waals surface area (Å²) in [7, 11) is 0. The van der Waals surface area contributed by atoms with Gasteiger partial charge in [-0.25, -0.2) is 4.79 Å². The van der Waals surface area contributed by atoms with Crippen molar-refractivity contribution in [2.24, 2.45) is 0 Å². The van der Waals surface area contributed by atoms with Crippen LogP contribution in [0.15, 0.2) is 59.4 Å². The van der Waals surface area contributed by atoms with E-state index in [1.54, 1.807) is 6.92 Å². The number of hydrogen-bond acceptors (Lipinski definition) is 2. The fourth-order valence-electron chi connectivity index (χ4n) is 2.50. The summed E-state index contributed by atoms with van der Waals surface area (Å²) < 4.78 is 0. The molecule has 0 saturated carbocycles. The van der Waals surface area contributed by atoms with Gasteiger partial charge in [0.15, 0.2) is 0 Å². The van der Waals surface area contributed by atoms with E-state index in [0.717, 1.165) is 22.0 Å². The number of H-pyrrole nitrogens is 1. The lowest BCUT2D eigenvalue weighted by molar-refractivity contribution is 0.240. The largest absolute Gasteiger partial charge is 0.334 e. The lowest BCUT2D eigenvalue weighted by atomic mass is 10.1. The van der Waals surface area contributed by atoms with Crippen molar-refractivity contribution in [2.45, 2.75) is 20.0 Å². The molecular formula is C19H19N3O2. The van der Waals surface area contributed by atoms with Crippen molar-refractivity contribution in [3.8, 4) is 0 Å². The average Bonchev–Trinajstić information content (AvgIpc) is 2.60. The van der Waals surface area contributed by atoms with E-state index in [4.69, 9.17) is 0 Å². The van der Waals surface area contributed by atoms with Crippen LogP contribution in [0.5, 0.6) is 0 Å². The van der Waals surface area contributed by atoms with Gasteiger partial charge in [-0.2, -0.15) is 0 Å². The summed E-state index contributed by atoms with van der Waals surface area (Å²) in [6.45, 7) is 2.69. The molecule has 0 spiro atoms. The van der Waals surface area contributed by atoms with Crippen LogP contribution in [0.4, 0.5) is 4.79 Å². The number of aromatic amines is 1. The SMILES string of the molecule is Cc1cc2cc(CNC(=O)NCc3ccccc3)ccc2[nH]c1=O. The molecule has 122 valence electrons. The molecule has 1 aromatic heterocycles. The number of hydrogen-bond donors (Lipinski definition) is 3. The van der Waals surface area contributed by atoms with Crippen molar-refractivity contribution in [1.29, 1.82) is 0 Å². The van der Waals surface area contributed by atoms with E-state index < -0.39 is 0 Å². The van der Waals surface area contributed by atoms with Crippen molar-refractivity contribution in [3.05, 3.63) is 81.6 Å². The van der Waals surface area contributed by atoms with Crippen molar-refractivity contribution in [2.75, 3.05) is 0 Å². The minimum Gasteiger partial charge on any atom is -0.334 e. The summed E-state index contributed by atoms with van der Waals surface area (Å²) >= 11 is 0. The topological polar surface area (TPSA) is 74.0 Å². The molecular weight excluding hydrogens is 302 g/mol. The first-order valence-corrected chi connectivity index (χ1v) is 7.80. The lowest BCUT2D eigenvalue weighted by Crippen LogP contribution is -2.34. The van der Waals surface area contributed by atoms with Crippen LogP contribution in [0.1, 0.15) is 16.7 Å².